The summed E-state index contributed by atoms with van der Waals surface area (Å²) < 4.78 is 16.4. The molecule has 1 aliphatic carbocycles. The number of esters is 1. The predicted octanol–water partition coefficient (Wildman–Crippen LogP) is 5.07. The zero-order valence-corrected chi connectivity index (χ0v) is 24.4. The number of nitrogens with one attached hydrogen (secondary N) is 2. The van der Waals surface area contributed by atoms with E-state index in [1.165, 1.54) is 19.7 Å². The van der Waals surface area contributed by atoms with Crippen molar-refractivity contribution >= 4 is 17.6 Å². The number of nitro groups is 1. The summed E-state index contributed by atoms with van der Waals surface area (Å²) in [6, 6.07) is 9.73. The number of carbonyl (C=O) groups excluding carboxylic acids is 2. The van der Waals surface area contributed by atoms with Gasteiger partial charge in [0.2, 0.25) is 11.8 Å². The van der Waals surface area contributed by atoms with Crippen LogP contribution in [-0.4, -0.2) is 53.2 Å². The van der Waals surface area contributed by atoms with Gasteiger partial charge in [-0.3, -0.25) is 14.9 Å². The number of benzene rings is 1. The van der Waals surface area contributed by atoms with Crippen LogP contribution >= 0.6 is 0 Å². The highest BCUT2D eigenvalue weighted by Gasteiger charge is 2.28. The van der Waals surface area contributed by atoms with Crippen molar-refractivity contribution in [2.45, 2.75) is 89.9 Å². The van der Waals surface area contributed by atoms with Gasteiger partial charge >= 0.3 is 5.97 Å². The fourth-order valence-electron chi connectivity index (χ4n) is 4.92. The van der Waals surface area contributed by atoms with Crippen LogP contribution in [0, 0.1) is 16.0 Å². The van der Waals surface area contributed by atoms with Gasteiger partial charge in [-0.1, -0.05) is 37.5 Å². The molecule has 1 heterocycles. The molecule has 1 amide bonds. The largest absolute Gasteiger partial charge is 0.467 e. The molecule has 41 heavy (non-hydrogen) atoms. The first-order chi connectivity index (χ1) is 19.6. The smallest absolute Gasteiger partial charge is 0.330 e. The van der Waals surface area contributed by atoms with Gasteiger partial charge in [0.15, 0.2) is 6.04 Å². The molecule has 3 rings (SSSR count). The molecule has 11 nitrogen and oxygen atoms in total. The van der Waals surface area contributed by atoms with E-state index in [1.807, 2.05) is 39.0 Å². The molecular weight excluding hydrogens is 528 g/mol. The fraction of sp³-hybridized carbons (Fsp3) is 0.567. The van der Waals surface area contributed by atoms with Crippen LogP contribution < -0.4 is 15.4 Å². The Morgan fingerprint density at radius 1 is 1.15 bits per heavy atom. The molecule has 2 N–H and O–H groups in total. The van der Waals surface area contributed by atoms with Crippen molar-refractivity contribution in [3.8, 4) is 11.6 Å². The van der Waals surface area contributed by atoms with Crippen LogP contribution in [0.1, 0.15) is 71.3 Å². The Balaban J connectivity index is 1.68. The van der Waals surface area contributed by atoms with Gasteiger partial charge < -0.3 is 24.8 Å². The first-order valence-corrected chi connectivity index (χ1v) is 14.2. The Labute approximate surface area is 241 Å². The van der Waals surface area contributed by atoms with Gasteiger partial charge in [0, 0.05) is 25.1 Å². The number of nitrogens with zero attached hydrogens (tertiary/aromatic N) is 2. The molecule has 2 aromatic rings. The predicted molar refractivity (Wildman–Crippen MR) is 153 cm³/mol. The van der Waals surface area contributed by atoms with E-state index in [4.69, 9.17) is 14.2 Å². The third-order valence-electron chi connectivity index (χ3n) is 7.06. The van der Waals surface area contributed by atoms with E-state index in [0.29, 0.717) is 23.7 Å². The number of hydrogen-bond acceptors (Lipinski definition) is 9. The maximum absolute atomic E-state index is 12.9. The molecule has 1 aromatic heterocycles. The molecule has 1 fully saturated rings. The zero-order valence-electron chi connectivity index (χ0n) is 24.4. The lowest BCUT2D eigenvalue weighted by molar-refractivity contribution is -0.386. The molecule has 0 aliphatic heterocycles. The average molecular weight is 571 g/mol. The molecule has 1 aromatic carbocycles. The zero-order chi connectivity index (χ0) is 29.8. The van der Waals surface area contributed by atoms with Crippen molar-refractivity contribution < 1.29 is 28.7 Å². The van der Waals surface area contributed by atoms with Crippen LogP contribution in [-0.2, 0) is 25.6 Å². The molecule has 1 unspecified atom stereocenters. The lowest BCUT2D eigenvalue weighted by atomic mass is 9.82. The molecule has 1 aliphatic rings. The Morgan fingerprint density at radius 2 is 1.85 bits per heavy atom. The Kier molecular flexibility index (Phi) is 12.0. The number of amides is 1. The van der Waals surface area contributed by atoms with Crippen LogP contribution in [0.15, 0.2) is 42.6 Å². The van der Waals surface area contributed by atoms with Gasteiger partial charge in [-0.05, 0) is 58.1 Å². The van der Waals surface area contributed by atoms with Crippen LogP contribution in [0.2, 0.25) is 0 Å². The number of ether oxygens (including phenoxy) is 3. The van der Waals surface area contributed by atoms with Crippen molar-refractivity contribution in [2.75, 3.05) is 13.7 Å². The number of aromatic nitrogens is 1. The van der Waals surface area contributed by atoms with Crippen LogP contribution in [0.5, 0.6) is 11.6 Å². The number of carbonyl (C=O) groups is 2. The summed E-state index contributed by atoms with van der Waals surface area (Å²) in [5, 5.41) is 18.0. The highest BCUT2D eigenvalue weighted by molar-refractivity contribution is 5.84. The minimum atomic E-state index is -0.907. The van der Waals surface area contributed by atoms with Gasteiger partial charge in [-0.25, -0.2) is 9.78 Å². The van der Waals surface area contributed by atoms with E-state index in [9.17, 15) is 19.7 Å². The highest BCUT2D eigenvalue weighted by atomic mass is 16.6. The van der Waals surface area contributed by atoms with Gasteiger partial charge in [0.1, 0.15) is 11.9 Å². The second-order valence-electron chi connectivity index (χ2n) is 11.3. The molecule has 0 radical (unpaired) electrons. The fourth-order valence-corrected chi connectivity index (χ4v) is 4.92. The summed E-state index contributed by atoms with van der Waals surface area (Å²) in [6.07, 6.45) is 7.32. The molecule has 0 saturated heterocycles. The molecule has 11 heteroatoms. The molecule has 2 atom stereocenters. The first kappa shape index (κ1) is 32.0. The number of pyridine rings is 1. The molecule has 0 spiro atoms. The summed E-state index contributed by atoms with van der Waals surface area (Å²) in [7, 11) is 1.27. The summed E-state index contributed by atoms with van der Waals surface area (Å²) in [5.41, 5.74) is -0.127. The monoisotopic (exact) mass is 570 g/mol. The van der Waals surface area contributed by atoms with Crippen LogP contribution in [0.3, 0.4) is 0 Å². The molecule has 0 bridgehead atoms. The summed E-state index contributed by atoms with van der Waals surface area (Å²) in [6.45, 7) is 5.83. The second kappa shape index (κ2) is 15.4. The van der Waals surface area contributed by atoms with E-state index >= 15 is 0 Å². The van der Waals surface area contributed by atoms with Gasteiger partial charge in [-0.2, -0.15) is 0 Å². The lowest BCUT2D eigenvalue weighted by Crippen LogP contribution is -2.46. The third kappa shape index (κ3) is 10.7. The summed E-state index contributed by atoms with van der Waals surface area (Å²) in [4.78, 5) is 40.6. The van der Waals surface area contributed by atoms with Crippen molar-refractivity contribution in [3.63, 3.8) is 0 Å². The van der Waals surface area contributed by atoms with Crippen molar-refractivity contribution in [1.82, 2.24) is 15.6 Å². The number of methoxy groups -OCH3 is 1. The van der Waals surface area contributed by atoms with Crippen molar-refractivity contribution in [2.24, 2.45) is 5.92 Å². The molecule has 1 saturated carbocycles. The number of hydrogen-bond donors (Lipinski definition) is 2. The van der Waals surface area contributed by atoms with E-state index in [2.05, 4.69) is 15.6 Å². The van der Waals surface area contributed by atoms with E-state index in [-0.39, 0.29) is 43.1 Å². The van der Waals surface area contributed by atoms with Gasteiger partial charge in [0.25, 0.3) is 5.69 Å². The van der Waals surface area contributed by atoms with Crippen molar-refractivity contribution in [1.29, 1.82) is 0 Å². The maximum atomic E-state index is 12.9. The molecule has 224 valence electrons. The Morgan fingerprint density at radius 3 is 2.49 bits per heavy atom. The normalized spacial score (nSPS) is 15.5. The topological polar surface area (TPSA) is 142 Å². The quantitative estimate of drug-likeness (QED) is 0.181. The third-order valence-corrected chi connectivity index (χ3v) is 7.06. The van der Waals surface area contributed by atoms with Gasteiger partial charge in [-0.15, -0.1) is 0 Å². The van der Waals surface area contributed by atoms with E-state index in [0.717, 1.165) is 25.7 Å². The van der Waals surface area contributed by atoms with Gasteiger partial charge in [0.05, 0.1) is 29.8 Å². The average Bonchev–Trinajstić information content (AvgIpc) is 2.95. The number of para-hydroxylation sites is 1. The van der Waals surface area contributed by atoms with E-state index < -0.39 is 22.5 Å². The highest BCUT2D eigenvalue weighted by Crippen LogP contribution is 2.30. The minimum Gasteiger partial charge on any atom is -0.467 e. The lowest BCUT2D eigenvalue weighted by Gasteiger charge is -2.31. The first-order valence-electron chi connectivity index (χ1n) is 14.2. The SMILES string of the molecule is COC(=O)C(COC(C)(C)C)NC(=O)CC[C@@H](NCc1cc(Oc2ccccc2)ncc1[N+](=O)[O-])C1CCCCC1. The summed E-state index contributed by atoms with van der Waals surface area (Å²) in [5.74, 6) is 0.325. The van der Waals surface area contributed by atoms with Crippen molar-refractivity contribution in [3.05, 3.63) is 58.3 Å². The van der Waals surface area contributed by atoms with Crippen LogP contribution in [0.25, 0.3) is 0 Å². The number of rotatable bonds is 14. The molecular formula is C30H42N4O7. The minimum absolute atomic E-state index is 0.00527. The Bertz CT molecular complexity index is 1150. The standard InChI is InChI=1S/C30H42N4O7/c1-30(2,3)40-20-25(29(36)39-4)33-27(35)16-15-24(21-11-7-5-8-12-21)31-18-22-17-28(32-19-26(22)34(37)38)41-23-13-9-6-10-14-23/h6,9-10,13-14,17,19,21,24-25,31H,5,7-8,11-12,15-16,18,20H2,1-4H3,(H,33,35)/t24-,25?/m1/s1. The maximum Gasteiger partial charge on any atom is 0.330 e. The second-order valence-corrected chi connectivity index (χ2v) is 11.3. The summed E-state index contributed by atoms with van der Waals surface area (Å²) >= 11 is 0. The Hall–Kier alpha value is -3.57. The van der Waals surface area contributed by atoms with Crippen LogP contribution in [0.4, 0.5) is 5.69 Å². The van der Waals surface area contributed by atoms with E-state index in [1.54, 1.807) is 18.2 Å².